The predicted octanol–water partition coefficient (Wildman–Crippen LogP) is 3.88. The van der Waals surface area contributed by atoms with Gasteiger partial charge in [0.25, 0.3) is 0 Å². The molecule has 0 spiro atoms. The monoisotopic (exact) mass is 570 g/mol. The van der Waals surface area contributed by atoms with Gasteiger partial charge in [-0.05, 0) is 68.1 Å². The zero-order valence-corrected chi connectivity index (χ0v) is 25.4. The summed E-state index contributed by atoms with van der Waals surface area (Å²) in [6.07, 6.45) is 12.6. The Morgan fingerprint density at radius 3 is 2.10 bits per heavy atom. The van der Waals surface area contributed by atoms with Crippen molar-refractivity contribution in [3.05, 3.63) is 0 Å². The largest absolute Gasteiger partial charge is 0.344 e. The van der Waals surface area contributed by atoms with Crippen LogP contribution in [0.1, 0.15) is 111 Å². The first kappa shape index (κ1) is 30.0. The summed E-state index contributed by atoms with van der Waals surface area (Å²) in [6.45, 7) is 8.05. The number of nitrogens with zero attached hydrogens (tertiary/aromatic N) is 1. The van der Waals surface area contributed by atoms with E-state index in [1.807, 2.05) is 0 Å². The van der Waals surface area contributed by atoms with Crippen LogP contribution in [0, 0.1) is 29.1 Å². The van der Waals surface area contributed by atoms with E-state index in [2.05, 4.69) is 36.7 Å². The lowest BCUT2D eigenvalue weighted by atomic mass is 9.82. The maximum absolute atomic E-state index is 14.3. The molecule has 0 bridgehead atoms. The smallest absolute Gasteiger partial charge is 0.315 e. The number of rotatable bonds is 10. The zero-order valence-electron chi connectivity index (χ0n) is 25.4. The zero-order chi connectivity index (χ0) is 29.5. The van der Waals surface area contributed by atoms with Crippen LogP contribution in [0.2, 0.25) is 0 Å². The van der Waals surface area contributed by atoms with Crippen molar-refractivity contribution in [3.8, 4) is 0 Å². The normalized spacial score (nSPS) is 30.0. The molecule has 1 unspecified atom stereocenters. The van der Waals surface area contributed by atoms with Gasteiger partial charge in [0, 0.05) is 19.0 Å². The Kier molecular flexibility index (Phi) is 8.55. The molecule has 9 heteroatoms. The Hall–Kier alpha value is -2.45. The quantitative estimate of drug-likeness (QED) is 0.344. The molecule has 0 radical (unpaired) electrons. The first-order valence-electron chi connectivity index (χ1n) is 16.2. The Labute approximate surface area is 244 Å². The molecular formula is C32H50N4O5. The minimum absolute atomic E-state index is 0.0116. The second-order valence-corrected chi connectivity index (χ2v) is 14.6. The molecule has 5 aliphatic rings. The van der Waals surface area contributed by atoms with Crippen molar-refractivity contribution in [2.24, 2.45) is 29.1 Å². The molecule has 0 aromatic heterocycles. The third kappa shape index (κ3) is 6.48. The molecule has 1 saturated heterocycles. The van der Waals surface area contributed by atoms with Crippen molar-refractivity contribution in [2.75, 3.05) is 6.54 Å². The van der Waals surface area contributed by atoms with Gasteiger partial charge < -0.3 is 20.9 Å². The van der Waals surface area contributed by atoms with Gasteiger partial charge in [0.1, 0.15) is 12.1 Å². The molecular weight excluding hydrogens is 520 g/mol. The highest BCUT2D eigenvalue weighted by molar-refractivity contribution is 6.38. The minimum Gasteiger partial charge on any atom is -0.344 e. The number of ketones is 2. The fourth-order valence-corrected chi connectivity index (χ4v) is 8.17. The molecule has 5 fully saturated rings. The number of amides is 4. The maximum Gasteiger partial charge on any atom is 0.315 e. The van der Waals surface area contributed by atoms with Crippen molar-refractivity contribution in [3.63, 3.8) is 0 Å². The number of nitrogens with one attached hydrogen (secondary N) is 3. The average Bonchev–Trinajstić information content (AvgIpc) is 3.78. The van der Waals surface area contributed by atoms with Gasteiger partial charge in [-0.25, -0.2) is 4.79 Å². The lowest BCUT2D eigenvalue weighted by Crippen LogP contribution is -2.61. The van der Waals surface area contributed by atoms with Crippen LogP contribution in [-0.2, 0) is 19.2 Å². The van der Waals surface area contributed by atoms with E-state index < -0.39 is 29.7 Å². The van der Waals surface area contributed by atoms with E-state index in [0.29, 0.717) is 18.9 Å². The van der Waals surface area contributed by atoms with Crippen molar-refractivity contribution in [1.29, 1.82) is 0 Å². The fourth-order valence-electron chi connectivity index (χ4n) is 8.17. The van der Waals surface area contributed by atoms with Gasteiger partial charge in [-0.15, -0.1) is 0 Å². The number of hydrogen-bond donors (Lipinski definition) is 3. The number of likely N-dealkylation sites (tertiary alicyclic amines) is 1. The summed E-state index contributed by atoms with van der Waals surface area (Å²) in [4.78, 5) is 67.9. The van der Waals surface area contributed by atoms with Crippen LogP contribution in [0.25, 0.3) is 0 Å². The highest BCUT2D eigenvalue weighted by Crippen LogP contribution is 2.65. The number of fused-ring (bicyclic) bond motifs is 1. The molecule has 3 N–H and O–H groups in total. The first-order chi connectivity index (χ1) is 19.4. The Balaban J connectivity index is 1.34. The van der Waals surface area contributed by atoms with E-state index >= 15 is 0 Å². The summed E-state index contributed by atoms with van der Waals surface area (Å²) >= 11 is 0. The molecule has 4 aliphatic carbocycles. The van der Waals surface area contributed by atoms with Crippen LogP contribution >= 0.6 is 0 Å². The fraction of sp³-hybridized carbons (Fsp3) is 0.844. The third-order valence-electron chi connectivity index (χ3n) is 11.1. The second kappa shape index (κ2) is 11.7. The van der Waals surface area contributed by atoms with Gasteiger partial charge in [-0.1, -0.05) is 65.2 Å². The molecule has 4 amide bonds. The number of hydrogen-bond acceptors (Lipinski definition) is 5. The van der Waals surface area contributed by atoms with Gasteiger partial charge in [0.15, 0.2) is 5.78 Å². The summed E-state index contributed by atoms with van der Waals surface area (Å²) in [5.41, 5.74) is -0.361. The minimum atomic E-state index is -0.848. The summed E-state index contributed by atoms with van der Waals surface area (Å²) in [6, 6.07) is -2.56. The highest BCUT2D eigenvalue weighted by Gasteiger charge is 2.69. The lowest BCUT2D eigenvalue weighted by Gasteiger charge is -2.39. The van der Waals surface area contributed by atoms with E-state index in [0.717, 1.165) is 70.6 Å². The van der Waals surface area contributed by atoms with Crippen LogP contribution in [0.5, 0.6) is 0 Å². The summed E-state index contributed by atoms with van der Waals surface area (Å²) < 4.78 is 0. The van der Waals surface area contributed by atoms with Crippen molar-refractivity contribution in [1.82, 2.24) is 20.9 Å². The van der Waals surface area contributed by atoms with E-state index in [1.54, 1.807) is 4.90 Å². The van der Waals surface area contributed by atoms with Crippen molar-refractivity contribution >= 4 is 29.4 Å². The number of carbonyl (C=O) groups excluding carboxylic acids is 5. The molecule has 0 aromatic rings. The molecule has 228 valence electrons. The Bertz CT molecular complexity index is 1060. The van der Waals surface area contributed by atoms with Crippen LogP contribution in [-0.4, -0.2) is 64.5 Å². The van der Waals surface area contributed by atoms with Crippen LogP contribution in [0.4, 0.5) is 4.79 Å². The number of carbonyl (C=O) groups is 5. The first-order valence-corrected chi connectivity index (χ1v) is 16.2. The van der Waals surface area contributed by atoms with Crippen molar-refractivity contribution in [2.45, 2.75) is 135 Å². The molecule has 0 aromatic carbocycles. The number of piperidine rings is 1. The van der Waals surface area contributed by atoms with E-state index in [4.69, 9.17) is 0 Å². The van der Waals surface area contributed by atoms with Gasteiger partial charge in [-0.2, -0.15) is 0 Å². The number of urea groups is 1. The van der Waals surface area contributed by atoms with Crippen LogP contribution in [0.15, 0.2) is 0 Å². The molecule has 1 heterocycles. The molecule has 4 saturated carbocycles. The van der Waals surface area contributed by atoms with E-state index in [1.165, 1.54) is 13.3 Å². The number of Topliss-reactive ketones (excluding diaryl/α,β-unsaturated/α-hetero) is 2. The average molecular weight is 571 g/mol. The Morgan fingerprint density at radius 2 is 1.49 bits per heavy atom. The summed E-state index contributed by atoms with van der Waals surface area (Å²) in [7, 11) is 0. The predicted molar refractivity (Wildman–Crippen MR) is 155 cm³/mol. The molecule has 5 rings (SSSR count). The van der Waals surface area contributed by atoms with Gasteiger partial charge in [0.05, 0.1) is 6.04 Å². The molecule has 1 aliphatic heterocycles. The SMILES string of the molecule is CC(=O)C(=O)C(CC1CC1)NC(=O)[C@@H]1[C@@H]2[C@H](CN1C(=O)[C@@H](NC(=O)NC1(C)CCCCC1)C1CCCCC1)C2(C)C. The summed E-state index contributed by atoms with van der Waals surface area (Å²) in [5, 5.41) is 9.17. The highest BCUT2D eigenvalue weighted by atomic mass is 16.2. The van der Waals surface area contributed by atoms with E-state index in [-0.39, 0.29) is 46.6 Å². The van der Waals surface area contributed by atoms with Crippen LogP contribution < -0.4 is 16.0 Å². The maximum atomic E-state index is 14.3. The second-order valence-electron chi connectivity index (χ2n) is 14.6. The van der Waals surface area contributed by atoms with Gasteiger partial charge in [-0.3, -0.25) is 19.2 Å². The molecule has 41 heavy (non-hydrogen) atoms. The molecule has 9 nitrogen and oxygen atoms in total. The molecule has 5 atom stereocenters. The summed E-state index contributed by atoms with van der Waals surface area (Å²) in [5.74, 6) is -1.12. The standard InChI is InChI=1S/C32H50N4O5/c1-19(37)27(38)23(17-20-13-14-20)33-28(39)26-24-22(31(24,2)3)18-36(26)29(40)25(21-11-7-5-8-12-21)34-30(41)35-32(4)15-9-6-10-16-32/h20-26H,5-18H2,1-4H3,(H,33,39)(H2,34,35,41)/t22-,23?,24-,25-,26-/m0/s1. The van der Waals surface area contributed by atoms with E-state index in [9.17, 15) is 24.0 Å². The third-order valence-corrected chi connectivity index (χ3v) is 11.1. The topological polar surface area (TPSA) is 125 Å². The van der Waals surface area contributed by atoms with Crippen LogP contribution in [0.3, 0.4) is 0 Å². The Morgan fingerprint density at radius 1 is 0.854 bits per heavy atom. The van der Waals surface area contributed by atoms with Crippen molar-refractivity contribution < 1.29 is 24.0 Å². The lowest BCUT2D eigenvalue weighted by molar-refractivity contribution is -0.144. The van der Waals surface area contributed by atoms with Gasteiger partial charge in [0.2, 0.25) is 17.6 Å². The van der Waals surface area contributed by atoms with Gasteiger partial charge >= 0.3 is 6.03 Å².